The standard InChI is InChI=1S/C18H19NO3S/c1-23-12-13-4-2-5-14(10-13)18(20)19-15-6-7-16-17(11-15)22-9-3-8-21-16/h2,4-7,10-11H,3,8-9,12H2,1H3,(H,19,20). The maximum absolute atomic E-state index is 12.4. The Hall–Kier alpha value is -2.14. The van der Waals surface area contributed by atoms with E-state index in [-0.39, 0.29) is 5.91 Å². The summed E-state index contributed by atoms with van der Waals surface area (Å²) in [5.74, 6) is 2.17. The van der Waals surface area contributed by atoms with Crippen LogP contribution >= 0.6 is 11.8 Å². The smallest absolute Gasteiger partial charge is 0.255 e. The number of nitrogens with one attached hydrogen (secondary N) is 1. The van der Waals surface area contributed by atoms with E-state index >= 15 is 0 Å². The van der Waals surface area contributed by atoms with Crippen LogP contribution in [0.5, 0.6) is 11.5 Å². The van der Waals surface area contributed by atoms with Crippen molar-refractivity contribution in [1.82, 2.24) is 0 Å². The number of carbonyl (C=O) groups excluding carboxylic acids is 1. The van der Waals surface area contributed by atoms with E-state index in [1.165, 1.54) is 0 Å². The molecular weight excluding hydrogens is 310 g/mol. The first-order chi connectivity index (χ1) is 11.3. The molecule has 3 rings (SSSR count). The SMILES string of the molecule is CSCc1cccc(C(=O)Nc2ccc3c(c2)OCCCO3)c1. The molecule has 0 bridgehead atoms. The van der Waals surface area contributed by atoms with Gasteiger partial charge >= 0.3 is 0 Å². The van der Waals surface area contributed by atoms with Crippen LogP contribution in [0.4, 0.5) is 5.69 Å². The minimum Gasteiger partial charge on any atom is -0.490 e. The second-order valence-electron chi connectivity index (χ2n) is 5.30. The molecule has 0 aliphatic carbocycles. The Morgan fingerprint density at radius 3 is 2.78 bits per heavy atom. The summed E-state index contributed by atoms with van der Waals surface area (Å²) < 4.78 is 11.2. The number of rotatable bonds is 4. The van der Waals surface area contributed by atoms with Gasteiger partial charge in [-0.15, -0.1) is 0 Å². The minimum atomic E-state index is -0.123. The van der Waals surface area contributed by atoms with Gasteiger partial charge in [0.15, 0.2) is 11.5 Å². The molecule has 23 heavy (non-hydrogen) atoms. The summed E-state index contributed by atoms with van der Waals surface area (Å²) in [7, 11) is 0. The Bertz CT molecular complexity index is 702. The second kappa shape index (κ2) is 7.42. The molecule has 0 atom stereocenters. The molecule has 120 valence electrons. The van der Waals surface area contributed by atoms with E-state index in [0.29, 0.717) is 30.2 Å². The van der Waals surface area contributed by atoms with Crippen molar-refractivity contribution >= 4 is 23.4 Å². The molecule has 2 aromatic rings. The van der Waals surface area contributed by atoms with E-state index in [4.69, 9.17) is 9.47 Å². The summed E-state index contributed by atoms with van der Waals surface area (Å²) in [6.45, 7) is 1.28. The zero-order valence-corrected chi connectivity index (χ0v) is 13.8. The van der Waals surface area contributed by atoms with Crippen LogP contribution in [0.2, 0.25) is 0 Å². The zero-order chi connectivity index (χ0) is 16.1. The van der Waals surface area contributed by atoms with E-state index in [2.05, 4.69) is 5.32 Å². The van der Waals surface area contributed by atoms with Gasteiger partial charge in [-0.25, -0.2) is 0 Å². The van der Waals surface area contributed by atoms with Gasteiger partial charge < -0.3 is 14.8 Å². The molecule has 0 spiro atoms. The quantitative estimate of drug-likeness (QED) is 0.922. The highest BCUT2D eigenvalue weighted by Gasteiger charge is 2.12. The monoisotopic (exact) mass is 329 g/mol. The topological polar surface area (TPSA) is 47.6 Å². The molecule has 0 saturated carbocycles. The van der Waals surface area contributed by atoms with E-state index in [0.717, 1.165) is 23.5 Å². The highest BCUT2D eigenvalue weighted by Crippen LogP contribution is 2.32. The third-order valence-electron chi connectivity index (χ3n) is 3.51. The molecule has 0 unspecified atom stereocenters. The van der Waals surface area contributed by atoms with Gasteiger partial charge in [-0.3, -0.25) is 4.79 Å². The average molecular weight is 329 g/mol. The number of amides is 1. The Kier molecular flexibility index (Phi) is 5.08. The lowest BCUT2D eigenvalue weighted by Crippen LogP contribution is -2.12. The third kappa shape index (κ3) is 3.99. The van der Waals surface area contributed by atoms with Gasteiger partial charge in [0.1, 0.15) is 0 Å². The van der Waals surface area contributed by atoms with Crippen molar-refractivity contribution in [2.24, 2.45) is 0 Å². The molecule has 4 nitrogen and oxygen atoms in total. The van der Waals surface area contributed by atoms with Gasteiger partial charge in [0.2, 0.25) is 0 Å². The number of ether oxygens (including phenoxy) is 2. The summed E-state index contributed by atoms with van der Waals surface area (Å²) in [5.41, 5.74) is 2.50. The molecule has 5 heteroatoms. The summed E-state index contributed by atoms with van der Waals surface area (Å²) in [5, 5.41) is 2.92. The molecule has 2 aromatic carbocycles. The summed E-state index contributed by atoms with van der Waals surface area (Å²) in [4.78, 5) is 12.4. The first-order valence-electron chi connectivity index (χ1n) is 7.55. The normalized spacial score (nSPS) is 13.3. The maximum Gasteiger partial charge on any atom is 0.255 e. The molecule has 1 aliphatic heterocycles. The first kappa shape index (κ1) is 15.7. The molecule has 1 heterocycles. The van der Waals surface area contributed by atoms with Crippen molar-refractivity contribution in [3.63, 3.8) is 0 Å². The van der Waals surface area contributed by atoms with Crippen LogP contribution in [-0.2, 0) is 5.75 Å². The number of anilines is 1. The first-order valence-corrected chi connectivity index (χ1v) is 8.94. The van der Waals surface area contributed by atoms with Crippen LogP contribution in [0.3, 0.4) is 0 Å². The van der Waals surface area contributed by atoms with Crippen molar-refractivity contribution in [2.45, 2.75) is 12.2 Å². The van der Waals surface area contributed by atoms with E-state index in [9.17, 15) is 4.79 Å². The number of benzene rings is 2. The second-order valence-corrected chi connectivity index (χ2v) is 6.17. The maximum atomic E-state index is 12.4. The minimum absolute atomic E-state index is 0.123. The molecular formula is C18H19NO3S. The average Bonchev–Trinajstić information content (AvgIpc) is 2.80. The summed E-state index contributed by atoms with van der Waals surface area (Å²) >= 11 is 1.73. The van der Waals surface area contributed by atoms with Gasteiger partial charge in [-0.2, -0.15) is 11.8 Å². The van der Waals surface area contributed by atoms with Crippen molar-refractivity contribution < 1.29 is 14.3 Å². The van der Waals surface area contributed by atoms with Gasteiger partial charge in [0.25, 0.3) is 5.91 Å². The van der Waals surface area contributed by atoms with E-state index < -0.39 is 0 Å². The largest absolute Gasteiger partial charge is 0.490 e. The van der Waals surface area contributed by atoms with Crippen LogP contribution in [0.15, 0.2) is 42.5 Å². The third-order valence-corrected chi connectivity index (χ3v) is 4.13. The number of hydrogen-bond donors (Lipinski definition) is 1. The van der Waals surface area contributed by atoms with Crippen LogP contribution in [0.25, 0.3) is 0 Å². The Morgan fingerprint density at radius 2 is 1.96 bits per heavy atom. The number of carbonyl (C=O) groups is 1. The van der Waals surface area contributed by atoms with E-state index in [1.54, 1.807) is 11.8 Å². The van der Waals surface area contributed by atoms with Crippen LogP contribution < -0.4 is 14.8 Å². The molecule has 1 N–H and O–H groups in total. The highest BCUT2D eigenvalue weighted by molar-refractivity contribution is 7.97. The predicted octanol–water partition coefficient (Wildman–Crippen LogP) is 3.96. The number of hydrogen-bond acceptors (Lipinski definition) is 4. The Balaban J connectivity index is 1.75. The molecule has 1 aliphatic rings. The molecule has 0 saturated heterocycles. The zero-order valence-electron chi connectivity index (χ0n) is 13.0. The van der Waals surface area contributed by atoms with Crippen molar-refractivity contribution in [1.29, 1.82) is 0 Å². The summed E-state index contributed by atoms with van der Waals surface area (Å²) in [6.07, 6.45) is 2.91. The fraction of sp³-hybridized carbons (Fsp3) is 0.278. The van der Waals surface area contributed by atoms with Crippen molar-refractivity contribution in [3.8, 4) is 11.5 Å². The molecule has 0 fully saturated rings. The lowest BCUT2D eigenvalue weighted by atomic mass is 10.1. The van der Waals surface area contributed by atoms with Gasteiger partial charge in [-0.1, -0.05) is 12.1 Å². The Morgan fingerprint density at radius 1 is 1.13 bits per heavy atom. The van der Waals surface area contributed by atoms with Crippen molar-refractivity contribution in [3.05, 3.63) is 53.6 Å². The molecule has 0 radical (unpaired) electrons. The van der Waals surface area contributed by atoms with Crippen molar-refractivity contribution in [2.75, 3.05) is 24.8 Å². The number of fused-ring (bicyclic) bond motifs is 1. The van der Waals surface area contributed by atoms with Crippen LogP contribution in [0.1, 0.15) is 22.3 Å². The van der Waals surface area contributed by atoms with E-state index in [1.807, 2.05) is 48.7 Å². The fourth-order valence-electron chi connectivity index (χ4n) is 2.41. The number of thioether (sulfide) groups is 1. The summed E-state index contributed by atoms with van der Waals surface area (Å²) in [6, 6.07) is 13.2. The van der Waals surface area contributed by atoms with Gasteiger partial charge in [0, 0.05) is 29.5 Å². The lowest BCUT2D eigenvalue weighted by molar-refractivity contribution is 0.102. The van der Waals surface area contributed by atoms with Gasteiger partial charge in [-0.05, 0) is 36.1 Å². The molecule has 1 amide bonds. The highest BCUT2D eigenvalue weighted by atomic mass is 32.2. The van der Waals surface area contributed by atoms with Gasteiger partial charge in [0.05, 0.1) is 13.2 Å². The lowest BCUT2D eigenvalue weighted by Gasteiger charge is -2.11. The Labute approximate surface area is 140 Å². The van der Waals surface area contributed by atoms with Crippen LogP contribution in [-0.4, -0.2) is 25.4 Å². The van der Waals surface area contributed by atoms with Crippen LogP contribution in [0, 0.1) is 0 Å². The molecule has 0 aromatic heterocycles. The predicted molar refractivity (Wildman–Crippen MR) is 93.7 cm³/mol. The fourth-order valence-corrected chi connectivity index (χ4v) is 2.93.